The van der Waals surface area contributed by atoms with Crippen molar-refractivity contribution in [3.05, 3.63) is 0 Å². The van der Waals surface area contributed by atoms with Crippen molar-refractivity contribution in [1.82, 2.24) is 5.32 Å². The summed E-state index contributed by atoms with van der Waals surface area (Å²) in [6, 6.07) is -0.208. The lowest BCUT2D eigenvalue weighted by molar-refractivity contribution is -0.124. The molecule has 0 saturated heterocycles. The zero-order valence-electron chi connectivity index (χ0n) is 11.6. The van der Waals surface area contributed by atoms with Gasteiger partial charge in [0.1, 0.15) is 0 Å². The van der Waals surface area contributed by atoms with Crippen molar-refractivity contribution in [2.24, 2.45) is 22.0 Å². The highest BCUT2D eigenvalue weighted by atomic mass is 16.2. The Balaban J connectivity index is 2.62. The summed E-state index contributed by atoms with van der Waals surface area (Å²) in [6.45, 7) is 14.7. The molecule has 0 aliphatic heterocycles. The maximum absolute atomic E-state index is 12.0. The Kier molecular flexibility index (Phi) is 2.92. The topological polar surface area (TPSA) is 55.1 Å². The fraction of sp³-hybridized carbons (Fsp3) is 0.923. The Labute approximate surface area is 99.2 Å². The van der Waals surface area contributed by atoms with Gasteiger partial charge in [-0.15, -0.1) is 0 Å². The lowest BCUT2D eigenvalue weighted by atomic mass is 9.87. The monoisotopic (exact) mass is 226 g/mol. The first-order valence-corrected chi connectivity index (χ1v) is 5.98. The second kappa shape index (κ2) is 3.46. The standard InChI is InChI=1S/C13H26N2O/c1-11(2,3)8(14)9(16)15-10-12(4,5)13(10,6)7/h8,10H,14H2,1-7H3,(H,15,16). The zero-order chi connectivity index (χ0) is 12.9. The van der Waals surface area contributed by atoms with Gasteiger partial charge in [-0.05, 0) is 16.2 Å². The van der Waals surface area contributed by atoms with Gasteiger partial charge in [-0.2, -0.15) is 0 Å². The number of nitrogens with two attached hydrogens (primary N) is 1. The average molecular weight is 226 g/mol. The number of hydrogen-bond donors (Lipinski definition) is 2. The van der Waals surface area contributed by atoms with Crippen molar-refractivity contribution in [2.75, 3.05) is 0 Å². The molecule has 1 rings (SSSR count). The van der Waals surface area contributed by atoms with E-state index >= 15 is 0 Å². The second-order valence-corrected chi connectivity index (χ2v) is 7.23. The first kappa shape index (κ1) is 13.5. The highest BCUT2D eigenvalue weighted by molar-refractivity contribution is 5.83. The van der Waals surface area contributed by atoms with Gasteiger partial charge in [0.2, 0.25) is 5.91 Å². The minimum atomic E-state index is -0.445. The maximum atomic E-state index is 12.0. The van der Waals surface area contributed by atoms with Crippen molar-refractivity contribution in [2.45, 2.75) is 60.5 Å². The molecule has 1 aliphatic rings. The van der Waals surface area contributed by atoms with Crippen LogP contribution in [0.25, 0.3) is 0 Å². The fourth-order valence-electron chi connectivity index (χ4n) is 2.18. The Hall–Kier alpha value is -0.570. The van der Waals surface area contributed by atoms with Gasteiger partial charge in [0.05, 0.1) is 6.04 Å². The van der Waals surface area contributed by atoms with Crippen molar-refractivity contribution in [3.8, 4) is 0 Å². The molecule has 0 aromatic heterocycles. The van der Waals surface area contributed by atoms with E-state index in [2.05, 4.69) is 33.0 Å². The van der Waals surface area contributed by atoms with Gasteiger partial charge in [0.15, 0.2) is 0 Å². The summed E-state index contributed by atoms with van der Waals surface area (Å²) in [4.78, 5) is 12.0. The molecule has 0 radical (unpaired) electrons. The van der Waals surface area contributed by atoms with E-state index in [4.69, 9.17) is 5.73 Å². The van der Waals surface area contributed by atoms with Gasteiger partial charge in [-0.1, -0.05) is 48.5 Å². The third kappa shape index (κ3) is 1.97. The molecule has 3 nitrogen and oxygen atoms in total. The van der Waals surface area contributed by atoms with Crippen LogP contribution >= 0.6 is 0 Å². The van der Waals surface area contributed by atoms with E-state index in [1.165, 1.54) is 0 Å². The highest BCUT2D eigenvalue weighted by Crippen LogP contribution is 2.62. The van der Waals surface area contributed by atoms with Crippen LogP contribution in [0.2, 0.25) is 0 Å². The molecule has 3 N–H and O–H groups in total. The molecule has 1 amide bonds. The van der Waals surface area contributed by atoms with Crippen molar-refractivity contribution in [1.29, 1.82) is 0 Å². The Bertz CT molecular complexity index is 286. The first-order valence-electron chi connectivity index (χ1n) is 5.98. The van der Waals surface area contributed by atoms with E-state index in [9.17, 15) is 4.79 Å². The lowest BCUT2D eigenvalue weighted by Gasteiger charge is -2.26. The molecule has 0 heterocycles. The van der Waals surface area contributed by atoms with E-state index in [1.54, 1.807) is 0 Å². The van der Waals surface area contributed by atoms with Crippen LogP contribution in [-0.4, -0.2) is 18.0 Å². The molecule has 0 aromatic carbocycles. The number of carbonyl (C=O) groups is 1. The number of hydrogen-bond acceptors (Lipinski definition) is 2. The summed E-state index contributed by atoms with van der Waals surface area (Å²) < 4.78 is 0. The number of nitrogens with one attached hydrogen (secondary N) is 1. The van der Waals surface area contributed by atoms with E-state index in [1.807, 2.05) is 20.8 Å². The molecule has 1 fully saturated rings. The lowest BCUT2D eigenvalue weighted by Crippen LogP contribution is -2.50. The maximum Gasteiger partial charge on any atom is 0.237 e. The van der Waals surface area contributed by atoms with Crippen LogP contribution in [0.5, 0.6) is 0 Å². The summed E-state index contributed by atoms with van der Waals surface area (Å²) >= 11 is 0. The Morgan fingerprint density at radius 2 is 1.56 bits per heavy atom. The number of amides is 1. The van der Waals surface area contributed by atoms with Crippen LogP contribution in [0.15, 0.2) is 0 Å². The van der Waals surface area contributed by atoms with E-state index in [0.29, 0.717) is 0 Å². The van der Waals surface area contributed by atoms with E-state index < -0.39 is 6.04 Å². The van der Waals surface area contributed by atoms with Gasteiger partial charge in [-0.25, -0.2) is 0 Å². The molecule has 3 heteroatoms. The molecule has 0 bridgehead atoms. The number of rotatable bonds is 2. The third-order valence-electron chi connectivity index (χ3n) is 4.52. The fourth-order valence-corrected chi connectivity index (χ4v) is 2.18. The first-order chi connectivity index (χ1) is 6.92. The average Bonchev–Trinajstić information content (AvgIpc) is 2.45. The van der Waals surface area contributed by atoms with Gasteiger partial charge in [-0.3, -0.25) is 4.79 Å². The summed E-state index contributed by atoms with van der Waals surface area (Å²) in [7, 11) is 0. The largest absolute Gasteiger partial charge is 0.351 e. The van der Waals surface area contributed by atoms with E-state index in [0.717, 1.165) is 0 Å². The van der Waals surface area contributed by atoms with E-state index in [-0.39, 0.29) is 28.2 Å². The SMILES string of the molecule is CC(C)(C)C(N)C(=O)NC1C(C)(C)C1(C)C. The molecule has 16 heavy (non-hydrogen) atoms. The van der Waals surface area contributed by atoms with Gasteiger partial charge >= 0.3 is 0 Å². The van der Waals surface area contributed by atoms with Crippen molar-refractivity contribution in [3.63, 3.8) is 0 Å². The van der Waals surface area contributed by atoms with Crippen LogP contribution in [0, 0.1) is 16.2 Å². The van der Waals surface area contributed by atoms with Gasteiger partial charge < -0.3 is 11.1 Å². The molecule has 1 saturated carbocycles. The molecule has 1 atom stereocenters. The zero-order valence-corrected chi connectivity index (χ0v) is 11.6. The van der Waals surface area contributed by atoms with Crippen molar-refractivity contribution < 1.29 is 4.79 Å². The molecular formula is C13H26N2O. The minimum absolute atomic E-state index is 0.0313. The number of carbonyl (C=O) groups excluding carboxylic acids is 1. The summed E-state index contributed by atoms with van der Waals surface area (Å²) in [6.07, 6.45) is 0. The quantitative estimate of drug-likeness (QED) is 0.755. The van der Waals surface area contributed by atoms with Crippen LogP contribution < -0.4 is 11.1 Å². The summed E-state index contributed by atoms with van der Waals surface area (Å²) in [5.41, 5.74) is 6.08. The smallest absolute Gasteiger partial charge is 0.237 e. The third-order valence-corrected chi connectivity index (χ3v) is 4.52. The molecular weight excluding hydrogens is 200 g/mol. The van der Waals surface area contributed by atoms with Crippen LogP contribution in [0.1, 0.15) is 48.5 Å². The predicted molar refractivity (Wildman–Crippen MR) is 66.9 cm³/mol. The Morgan fingerprint density at radius 1 is 1.19 bits per heavy atom. The van der Waals surface area contributed by atoms with Gasteiger partial charge in [0.25, 0.3) is 0 Å². The van der Waals surface area contributed by atoms with Crippen LogP contribution in [0.3, 0.4) is 0 Å². The Morgan fingerprint density at radius 3 is 1.81 bits per heavy atom. The summed E-state index contributed by atoms with van der Waals surface area (Å²) in [5.74, 6) is -0.0313. The molecule has 0 aromatic rings. The predicted octanol–water partition coefficient (Wildman–Crippen LogP) is 1.91. The second-order valence-electron chi connectivity index (χ2n) is 7.23. The van der Waals surface area contributed by atoms with Crippen LogP contribution in [-0.2, 0) is 4.79 Å². The molecule has 94 valence electrons. The molecule has 1 unspecified atom stereocenters. The summed E-state index contributed by atoms with van der Waals surface area (Å²) in [5, 5.41) is 3.08. The molecule has 0 spiro atoms. The van der Waals surface area contributed by atoms with Crippen molar-refractivity contribution >= 4 is 5.91 Å². The normalized spacial score (nSPS) is 25.0. The molecule has 1 aliphatic carbocycles. The van der Waals surface area contributed by atoms with Gasteiger partial charge in [0, 0.05) is 6.04 Å². The highest BCUT2D eigenvalue weighted by Gasteiger charge is 2.65. The minimum Gasteiger partial charge on any atom is -0.351 e. The van der Waals surface area contributed by atoms with Crippen LogP contribution in [0.4, 0.5) is 0 Å².